The molecule has 2 aromatic rings. The highest BCUT2D eigenvalue weighted by Crippen LogP contribution is 2.20. The Morgan fingerprint density at radius 2 is 1.67 bits per heavy atom. The normalized spacial score (nSPS) is 10.7. The van der Waals surface area contributed by atoms with E-state index in [4.69, 9.17) is 23.2 Å². The van der Waals surface area contributed by atoms with Crippen LogP contribution in [0, 0.1) is 0 Å². The van der Waals surface area contributed by atoms with E-state index in [1.807, 2.05) is 37.3 Å². The topological polar surface area (TPSA) is 65.5 Å². The van der Waals surface area contributed by atoms with Crippen molar-refractivity contribution in [3.63, 3.8) is 0 Å². The molecule has 0 saturated heterocycles. The van der Waals surface area contributed by atoms with Crippen molar-refractivity contribution in [3.05, 3.63) is 69.2 Å². The van der Waals surface area contributed by atoms with Crippen molar-refractivity contribution in [3.8, 4) is 0 Å². The molecule has 2 rings (SSSR count). The number of nitrogens with zero attached hydrogens (tertiary/aromatic N) is 1. The van der Waals surface area contributed by atoms with Gasteiger partial charge in [0.1, 0.15) is 0 Å². The SMILES string of the molecule is CCNC(=O)c1ccc(CNC(=NC)NCc2ccc(Cl)cc2Cl)cc1.I. The average Bonchev–Trinajstić information content (AvgIpc) is 2.64. The van der Waals surface area contributed by atoms with Crippen LogP contribution in [0.4, 0.5) is 0 Å². The second-order valence-corrected chi connectivity index (χ2v) is 6.42. The number of carbonyl (C=O) groups is 1. The molecule has 8 heteroatoms. The van der Waals surface area contributed by atoms with E-state index in [1.165, 1.54) is 0 Å². The molecule has 0 radical (unpaired) electrons. The lowest BCUT2D eigenvalue weighted by Crippen LogP contribution is -2.36. The van der Waals surface area contributed by atoms with Crippen LogP contribution in [0.15, 0.2) is 47.5 Å². The van der Waals surface area contributed by atoms with Crippen LogP contribution < -0.4 is 16.0 Å². The Balaban J connectivity index is 0.00000364. The fourth-order valence-electron chi connectivity index (χ4n) is 2.29. The number of guanidine groups is 1. The van der Waals surface area contributed by atoms with E-state index in [0.717, 1.165) is 11.1 Å². The van der Waals surface area contributed by atoms with Crippen LogP contribution in [0.3, 0.4) is 0 Å². The lowest BCUT2D eigenvalue weighted by molar-refractivity contribution is 0.0956. The molecule has 0 unspecified atom stereocenters. The summed E-state index contributed by atoms with van der Waals surface area (Å²) in [5.41, 5.74) is 2.63. The van der Waals surface area contributed by atoms with E-state index in [0.29, 0.717) is 41.2 Å². The molecule has 0 bridgehead atoms. The molecule has 0 aliphatic heterocycles. The Bertz CT molecular complexity index is 782. The largest absolute Gasteiger partial charge is 0.352 e. The highest BCUT2D eigenvalue weighted by molar-refractivity contribution is 14.0. The van der Waals surface area contributed by atoms with Gasteiger partial charge in [0.25, 0.3) is 5.91 Å². The zero-order valence-electron chi connectivity index (χ0n) is 15.2. The molecule has 27 heavy (non-hydrogen) atoms. The minimum atomic E-state index is -0.0654. The lowest BCUT2D eigenvalue weighted by Gasteiger charge is -2.13. The van der Waals surface area contributed by atoms with Crippen molar-refractivity contribution in [2.45, 2.75) is 20.0 Å². The molecular weight excluding hydrogens is 498 g/mol. The quantitative estimate of drug-likeness (QED) is 0.303. The second-order valence-electron chi connectivity index (χ2n) is 5.57. The van der Waals surface area contributed by atoms with Crippen molar-refractivity contribution in [2.24, 2.45) is 4.99 Å². The molecule has 0 fully saturated rings. The number of hydrogen-bond donors (Lipinski definition) is 3. The maximum atomic E-state index is 11.8. The summed E-state index contributed by atoms with van der Waals surface area (Å²) in [7, 11) is 1.71. The Morgan fingerprint density at radius 1 is 1.00 bits per heavy atom. The van der Waals surface area contributed by atoms with Gasteiger partial charge in [0.15, 0.2) is 5.96 Å². The molecular formula is C19H23Cl2IN4O. The van der Waals surface area contributed by atoms with Gasteiger partial charge in [0, 0.05) is 42.3 Å². The Labute approximate surface area is 186 Å². The monoisotopic (exact) mass is 520 g/mol. The molecule has 2 aromatic carbocycles. The standard InChI is InChI=1S/C19H22Cl2N4O.HI/c1-3-23-18(26)14-6-4-13(5-7-14)11-24-19(22-2)25-12-15-8-9-16(20)10-17(15)21;/h4-10H,3,11-12H2,1-2H3,(H,23,26)(H2,22,24,25);1H. The molecule has 0 heterocycles. The Morgan fingerprint density at radius 3 is 2.26 bits per heavy atom. The lowest BCUT2D eigenvalue weighted by atomic mass is 10.1. The maximum Gasteiger partial charge on any atom is 0.251 e. The number of hydrogen-bond acceptors (Lipinski definition) is 2. The van der Waals surface area contributed by atoms with Gasteiger partial charge < -0.3 is 16.0 Å². The summed E-state index contributed by atoms with van der Waals surface area (Å²) in [6.45, 7) is 3.63. The second kappa shape index (κ2) is 12.0. The predicted octanol–water partition coefficient (Wildman–Crippen LogP) is 4.23. The van der Waals surface area contributed by atoms with Gasteiger partial charge in [-0.05, 0) is 42.3 Å². The molecule has 0 spiro atoms. The fraction of sp³-hybridized carbons (Fsp3) is 0.263. The van der Waals surface area contributed by atoms with Crippen molar-refractivity contribution < 1.29 is 4.79 Å². The first-order valence-corrected chi connectivity index (χ1v) is 9.04. The van der Waals surface area contributed by atoms with Gasteiger partial charge in [-0.25, -0.2) is 0 Å². The molecule has 146 valence electrons. The summed E-state index contributed by atoms with van der Waals surface area (Å²) in [5, 5.41) is 10.4. The van der Waals surface area contributed by atoms with E-state index >= 15 is 0 Å². The number of benzene rings is 2. The van der Waals surface area contributed by atoms with Gasteiger partial charge in [-0.3, -0.25) is 9.79 Å². The maximum absolute atomic E-state index is 11.8. The molecule has 0 atom stereocenters. The third-order valence-corrected chi connectivity index (χ3v) is 4.29. The summed E-state index contributed by atoms with van der Waals surface area (Å²) in [5.74, 6) is 0.591. The smallest absolute Gasteiger partial charge is 0.251 e. The van der Waals surface area contributed by atoms with E-state index in [9.17, 15) is 4.79 Å². The van der Waals surface area contributed by atoms with Gasteiger partial charge in [-0.15, -0.1) is 24.0 Å². The van der Waals surface area contributed by atoms with Crippen LogP contribution in [0.1, 0.15) is 28.4 Å². The van der Waals surface area contributed by atoms with Crippen molar-refractivity contribution in [1.82, 2.24) is 16.0 Å². The Kier molecular flexibility index (Phi) is 10.5. The van der Waals surface area contributed by atoms with Crippen LogP contribution in [0.2, 0.25) is 10.0 Å². The molecule has 3 N–H and O–H groups in total. The third kappa shape index (κ3) is 7.56. The van der Waals surface area contributed by atoms with Gasteiger partial charge in [-0.1, -0.05) is 41.4 Å². The fourth-order valence-corrected chi connectivity index (χ4v) is 2.76. The van der Waals surface area contributed by atoms with Crippen LogP contribution in [-0.2, 0) is 13.1 Å². The minimum Gasteiger partial charge on any atom is -0.352 e. The molecule has 0 saturated carbocycles. The van der Waals surface area contributed by atoms with Crippen molar-refractivity contribution in [1.29, 1.82) is 0 Å². The van der Waals surface area contributed by atoms with E-state index in [-0.39, 0.29) is 29.9 Å². The van der Waals surface area contributed by atoms with Gasteiger partial charge in [0.05, 0.1) is 0 Å². The first-order valence-electron chi connectivity index (χ1n) is 8.29. The zero-order valence-corrected chi connectivity index (χ0v) is 19.0. The van der Waals surface area contributed by atoms with Crippen molar-refractivity contribution >= 4 is 59.0 Å². The van der Waals surface area contributed by atoms with Crippen LogP contribution >= 0.6 is 47.2 Å². The molecule has 0 aliphatic carbocycles. The number of nitrogens with one attached hydrogen (secondary N) is 3. The molecule has 1 amide bonds. The summed E-state index contributed by atoms with van der Waals surface area (Å²) < 4.78 is 0. The number of halogens is 3. The predicted molar refractivity (Wildman–Crippen MR) is 123 cm³/mol. The first-order chi connectivity index (χ1) is 12.5. The first kappa shape index (κ1) is 23.5. The summed E-state index contributed by atoms with van der Waals surface area (Å²) in [4.78, 5) is 16.0. The molecule has 0 aromatic heterocycles. The van der Waals surface area contributed by atoms with Gasteiger partial charge >= 0.3 is 0 Å². The average molecular weight is 521 g/mol. The molecule has 5 nitrogen and oxygen atoms in total. The van der Waals surface area contributed by atoms with E-state index in [1.54, 1.807) is 19.2 Å². The Hall–Kier alpha value is -1.51. The summed E-state index contributed by atoms with van der Waals surface area (Å²) in [6, 6.07) is 12.9. The molecule has 0 aliphatic rings. The van der Waals surface area contributed by atoms with Gasteiger partial charge in [-0.2, -0.15) is 0 Å². The minimum absolute atomic E-state index is 0. The third-order valence-electron chi connectivity index (χ3n) is 3.70. The summed E-state index contributed by atoms with van der Waals surface area (Å²) >= 11 is 12.1. The van der Waals surface area contributed by atoms with E-state index in [2.05, 4.69) is 20.9 Å². The number of rotatable bonds is 6. The highest BCUT2D eigenvalue weighted by Gasteiger charge is 2.05. The number of aliphatic imine (C=N–C) groups is 1. The van der Waals surface area contributed by atoms with E-state index < -0.39 is 0 Å². The number of carbonyl (C=O) groups excluding carboxylic acids is 1. The van der Waals surface area contributed by atoms with Crippen molar-refractivity contribution in [2.75, 3.05) is 13.6 Å². The number of amides is 1. The van der Waals surface area contributed by atoms with Gasteiger partial charge in [0.2, 0.25) is 0 Å². The van der Waals surface area contributed by atoms with Crippen LogP contribution in [0.25, 0.3) is 0 Å². The van der Waals surface area contributed by atoms with Crippen LogP contribution in [-0.4, -0.2) is 25.5 Å². The van der Waals surface area contributed by atoms with Crippen LogP contribution in [0.5, 0.6) is 0 Å². The summed E-state index contributed by atoms with van der Waals surface area (Å²) in [6.07, 6.45) is 0. The zero-order chi connectivity index (χ0) is 18.9. The highest BCUT2D eigenvalue weighted by atomic mass is 127.